The number of benzene rings is 2. The standard InChI is InChI=1S/C31H32F3NO4.2C2H6.CH4OS/c1-19-8-9-21(16-20(19)2)10-13-25(36)29(30(35)23-6-5-7-24(18-23)31(32,33)34)26(37)14-11-22-12-15-27(38-3)28(17-22)39-4;2*1-2;1-3-2/h5-7,10-18,29-30H,8-9,35H2,1-4H3;2*1-2H3;2H,1H3/b13-10+,14-11+;;;. The summed E-state index contributed by atoms with van der Waals surface area (Å²) >= 11 is 0.750. The first kappa shape index (κ1) is 42.4. The van der Waals surface area contributed by atoms with Crippen LogP contribution in [0.3, 0.4) is 0 Å². The first-order chi connectivity index (χ1) is 21.9. The second-order valence-corrected chi connectivity index (χ2v) is 9.94. The maximum absolute atomic E-state index is 13.4. The Kier molecular flexibility index (Phi) is 20.3. The molecule has 2 aromatic carbocycles. The number of carbonyl (C=O) groups excluding carboxylic acids is 2. The summed E-state index contributed by atoms with van der Waals surface area (Å²) in [5.41, 5.74) is 9.34. The van der Waals surface area contributed by atoms with E-state index in [1.807, 2.05) is 47.6 Å². The van der Waals surface area contributed by atoms with Gasteiger partial charge in [-0.15, -0.1) is 0 Å². The minimum Gasteiger partial charge on any atom is -0.493 e. The molecule has 0 bridgehead atoms. The van der Waals surface area contributed by atoms with Gasteiger partial charge in [0, 0.05) is 12.3 Å². The fourth-order valence-corrected chi connectivity index (χ4v) is 4.27. The molecule has 0 spiro atoms. The van der Waals surface area contributed by atoms with E-state index in [1.54, 1.807) is 30.5 Å². The molecule has 2 unspecified atom stereocenters. The summed E-state index contributed by atoms with van der Waals surface area (Å²) in [6, 6.07) is 8.11. The zero-order valence-corrected chi connectivity index (χ0v) is 29.0. The molecule has 254 valence electrons. The third kappa shape index (κ3) is 13.4. The molecule has 0 fully saturated rings. The average molecular weight is 664 g/mol. The number of allylic oxidation sites excluding steroid dienone is 7. The van der Waals surface area contributed by atoms with Crippen LogP contribution in [0.4, 0.5) is 13.2 Å². The Bertz CT molecular complexity index is 1380. The second-order valence-electron chi connectivity index (χ2n) is 9.58. The number of hydrogen-bond donors (Lipinski definition) is 2. The summed E-state index contributed by atoms with van der Waals surface area (Å²) in [6.07, 6.45) is 6.22. The van der Waals surface area contributed by atoms with Crippen molar-refractivity contribution in [2.45, 2.75) is 66.6 Å². The fourth-order valence-electron chi connectivity index (χ4n) is 4.27. The quantitative estimate of drug-likeness (QED) is 0.148. The van der Waals surface area contributed by atoms with Crippen molar-refractivity contribution in [1.82, 2.24) is 0 Å². The van der Waals surface area contributed by atoms with Gasteiger partial charge in [-0.1, -0.05) is 75.3 Å². The highest BCUT2D eigenvalue weighted by molar-refractivity contribution is 7.93. The van der Waals surface area contributed by atoms with Gasteiger partial charge in [0.25, 0.3) is 0 Å². The van der Waals surface area contributed by atoms with Crippen molar-refractivity contribution in [3.63, 3.8) is 0 Å². The Morgan fingerprint density at radius 1 is 0.913 bits per heavy atom. The molecule has 0 heterocycles. The van der Waals surface area contributed by atoms with Crippen molar-refractivity contribution in [3.05, 3.63) is 100 Å². The topological polar surface area (TPSA) is 98.9 Å². The molecule has 0 saturated heterocycles. The lowest BCUT2D eigenvalue weighted by atomic mass is 9.85. The molecule has 3 rings (SSSR count). The molecule has 1 aliphatic carbocycles. The molecule has 1 aliphatic rings. The largest absolute Gasteiger partial charge is 0.493 e. The zero-order chi connectivity index (χ0) is 35.4. The number of hydrogen-bond acceptors (Lipinski definition) is 7. The first-order valence-corrected chi connectivity index (χ1v) is 16.2. The van der Waals surface area contributed by atoms with Crippen LogP contribution >= 0.6 is 12.0 Å². The predicted molar refractivity (Wildman–Crippen MR) is 184 cm³/mol. The lowest BCUT2D eigenvalue weighted by Gasteiger charge is -2.21. The summed E-state index contributed by atoms with van der Waals surface area (Å²) in [5, 5.41) is 0. The van der Waals surface area contributed by atoms with Crippen LogP contribution in [0, 0.1) is 5.92 Å². The molecule has 46 heavy (non-hydrogen) atoms. The number of ketones is 2. The fraction of sp³-hybridized carbons (Fsp3) is 0.389. The van der Waals surface area contributed by atoms with Gasteiger partial charge in [0.05, 0.1) is 19.8 Å². The van der Waals surface area contributed by atoms with E-state index < -0.39 is 35.3 Å². The number of nitrogens with two attached hydrogens (primary N) is 1. The number of methoxy groups -OCH3 is 2. The van der Waals surface area contributed by atoms with E-state index >= 15 is 0 Å². The van der Waals surface area contributed by atoms with E-state index in [0.29, 0.717) is 17.1 Å². The SMILES string of the molecule is CC.CC.COc1ccc(/C=C/C(=O)C(C(=O)/C=C/C2=CC(C)=C(C)CC2)C(N)c2cccc(C(F)(F)F)c2)cc1OC.CSO. The van der Waals surface area contributed by atoms with E-state index in [1.165, 1.54) is 50.2 Å². The van der Waals surface area contributed by atoms with Gasteiger partial charge in [-0.3, -0.25) is 9.59 Å². The second kappa shape index (κ2) is 22.0. The van der Waals surface area contributed by atoms with Crippen LogP contribution in [-0.2, 0) is 15.8 Å². The Morgan fingerprint density at radius 3 is 2.00 bits per heavy atom. The lowest BCUT2D eigenvalue weighted by molar-refractivity contribution is -0.137. The molecule has 0 radical (unpaired) electrons. The van der Waals surface area contributed by atoms with Crippen molar-refractivity contribution in [1.29, 1.82) is 0 Å². The van der Waals surface area contributed by atoms with Gasteiger partial charge in [0.2, 0.25) is 0 Å². The molecule has 0 aromatic heterocycles. The number of carbonyl (C=O) groups is 2. The minimum atomic E-state index is -4.59. The highest BCUT2D eigenvalue weighted by atomic mass is 32.2. The molecule has 3 N–H and O–H groups in total. The zero-order valence-electron chi connectivity index (χ0n) is 28.2. The molecular formula is C36H48F3NO5S. The highest BCUT2D eigenvalue weighted by Gasteiger charge is 2.34. The summed E-state index contributed by atoms with van der Waals surface area (Å²) in [6.45, 7) is 12.0. The van der Waals surface area contributed by atoms with E-state index in [2.05, 4.69) is 0 Å². The molecule has 6 nitrogen and oxygen atoms in total. The first-order valence-electron chi connectivity index (χ1n) is 15.0. The molecular weight excluding hydrogens is 615 g/mol. The third-order valence-corrected chi connectivity index (χ3v) is 6.74. The van der Waals surface area contributed by atoms with Gasteiger partial charge in [-0.2, -0.15) is 13.2 Å². The smallest absolute Gasteiger partial charge is 0.416 e. The van der Waals surface area contributed by atoms with Crippen LogP contribution < -0.4 is 15.2 Å². The third-order valence-electron chi connectivity index (χ3n) is 6.74. The van der Waals surface area contributed by atoms with Crippen molar-refractivity contribution in [2.24, 2.45) is 11.7 Å². The maximum Gasteiger partial charge on any atom is 0.416 e. The molecule has 0 amide bonds. The van der Waals surface area contributed by atoms with E-state index in [9.17, 15) is 22.8 Å². The Hall–Kier alpha value is -3.60. The predicted octanol–water partition coefficient (Wildman–Crippen LogP) is 9.68. The number of halogens is 3. The van der Waals surface area contributed by atoms with Gasteiger partial charge >= 0.3 is 6.18 Å². The van der Waals surface area contributed by atoms with Crippen molar-refractivity contribution >= 4 is 29.7 Å². The van der Waals surface area contributed by atoms with E-state index in [0.717, 1.165) is 48.2 Å². The van der Waals surface area contributed by atoms with Crippen LogP contribution in [0.5, 0.6) is 11.5 Å². The van der Waals surface area contributed by atoms with Crippen molar-refractivity contribution < 1.29 is 36.8 Å². The van der Waals surface area contributed by atoms with Gasteiger partial charge < -0.3 is 19.8 Å². The van der Waals surface area contributed by atoms with Gasteiger partial charge in [-0.25, -0.2) is 0 Å². The maximum atomic E-state index is 13.4. The molecule has 0 saturated carbocycles. The normalized spacial score (nSPS) is 14.1. The van der Waals surface area contributed by atoms with Crippen molar-refractivity contribution in [2.75, 3.05) is 20.5 Å². The summed E-state index contributed by atoms with van der Waals surface area (Å²) < 4.78 is 58.0. The summed E-state index contributed by atoms with van der Waals surface area (Å²) in [5.74, 6) is -1.70. The number of alkyl halides is 3. The Labute approximate surface area is 276 Å². The minimum absolute atomic E-state index is 0.0377. The lowest BCUT2D eigenvalue weighted by Crippen LogP contribution is -2.33. The summed E-state index contributed by atoms with van der Waals surface area (Å²) in [7, 11) is 2.98. The Balaban J connectivity index is 0.00000268. The van der Waals surface area contributed by atoms with Crippen LogP contribution in [0.1, 0.15) is 77.1 Å². The van der Waals surface area contributed by atoms with Crippen LogP contribution in [-0.4, -0.2) is 36.6 Å². The van der Waals surface area contributed by atoms with E-state index in [-0.39, 0.29) is 5.56 Å². The average Bonchev–Trinajstić information content (AvgIpc) is 3.06. The monoisotopic (exact) mass is 663 g/mol. The molecule has 10 heteroatoms. The van der Waals surface area contributed by atoms with Gasteiger partial charge in [-0.05, 0) is 91.8 Å². The van der Waals surface area contributed by atoms with Crippen LogP contribution in [0.15, 0.2) is 83.5 Å². The van der Waals surface area contributed by atoms with Crippen molar-refractivity contribution in [3.8, 4) is 11.5 Å². The van der Waals surface area contributed by atoms with Crippen LogP contribution in [0.2, 0.25) is 0 Å². The molecule has 2 aromatic rings. The van der Waals surface area contributed by atoms with Crippen LogP contribution in [0.25, 0.3) is 6.08 Å². The van der Waals surface area contributed by atoms with Gasteiger partial charge in [0.15, 0.2) is 23.1 Å². The Morgan fingerprint density at radius 2 is 1.48 bits per heavy atom. The summed E-state index contributed by atoms with van der Waals surface area (Å²) in [4.78, 5) is 26.7. The molecule has 2 atom stereocenters. The molecule has 0 aliphatic heterocycles. The highest BCUT2D eigenvalue weighted by Crippen LogP contribution is 2.33. The number of ether oxygens (including phenoxy) is 2. The number of rotatable bonds is 10. The van der Waals surface area contributed by atoms with E-state index in [4.69, 9.17) is 19.8 Å². The van der Waals surface area contributed by atoms with Gasteiger partial charge in [0.1, 0.15) is 5.92 Å².